The Morgan fingerprint density at radius 3 is 2.89 bits per heavy atom. The predicted octanol–water partition coefficient (Wildman–Crippen LogP) is 3.21. The number of nitro groups is 1. The van der Waals surface area contributed by atoms with E-state index in [0.29, 0.717) is 5.39 Å². The normalized spacial score (nSPS) is 21.3. The molecule has 0 spiro atoms. The Labute approximate surface area is 110 Å². The van der Waals surface area contributed by atoms with Crippen LogP contribution in [-0.4, -0.2) is 16.5 Å². The molecule has 0 bridgehead atoms. The van der Waals surface area contributed by atoms with E-state index in [4.69, 9.17) is 0 Å². The number of hydrogen-bond donors (Lipinski definition) is 1. The van der Waals surface area contributed by atoms with Crippen molar-refractivity contribution in [1.82, 2.24) is 4.98 Å². The molecule has 1 fully saturated rings. The van der Waals surface area contributed by atoms with Gasteiger partial charge in [0.2, 0.25) is 0 Å². The monoisotopic (exact) mass is 257 g/mol. The molecule has 5 nitrogen and oxygen atoms in total. The smallest absolute Gasteiger partial charge is 0.277 e. The van der Waals surface area contributed by atoms with Crippen LogP contribution in [0.15, 0.2) is 30.6 Å². The van der Waals surface area contributed by atoms with Crippen molar-refractivity contribution in [2.75, 3.05) is 11.9 Å². The lowest BCUT2D eigenvalue weighted by molar-refractivity contribution is -0.383. The van der Waals surface area contributed by atoms with Crippen LogP contribution in [0.4, 0.5) is 11.4 Å². The molecule has 1 saturated carbocycles. The maximum absolute atomic E-state index is 11.0. The molecule has 1 aromatic carbocycles. The summed E-state index contributed by atoms with van der Waals surface area (Å²) >= 11 is 0. The highest BCUT2D eigenvalue weighted by Gasteiger charge is 2.32. The van der Waals surface area contributed by atoms with Crippen LogP contribution in [0.1, 0.15) is 13.3 Å². The first-order valence-corrected chi connectivity index (χ1v) is 6.42. The van der Waals surface area contributed by atoms with Crippen molar-refractivity contribution in [3.63, 3.8) is 0 Å². The highest BCUT2D eigenvalue weighted by molar-refractivity contribution is 5.99. The Hall–Kier alpha value is -2.17. The summed E-state index contributed by atoms with van der Waals surface area (Å²) in [4.78, 5) is 14.7. The summed E-state index contributed by atoms with van der Waals surface area (Å²) in [5, 5.41) is 15.8. The molecule has 1 aliphatic rings. The Bertz CT molecular complexity index is 642. The number of benzene rings is 1. The van der Waals surface area contributed by atoms with E-state index in [1.165, 1.54) is 6.42 Å². The molecule has 1 heterocycles. The SMILES string of the molecule is CC1CC1CNc1ccc([N+](=O)[O-])c2ccncc12. The Balaban J connectivity index is 1.96. The fraction of sp³-hybridized carbons (Fsp3) is 0.357. The summed E-state index contributed by atoms with van der Waals surface area (Å²) in [7, 11) is 0. The second-order valence-electron chi connectivity index (χ2n) is 5.16. The third-order valence-electron chi connectivity index (χ3n) is 3.82. The van der Waals surface area contributed by atoms with E-state index in [9.17, 15) is 10.1 Å². The molecule has 98 valence electrons. The van der Waals surface area contributed by atoms with E-state index in [1.54, 1.807) is 30.6 Å². The lowest BCUT2D eigenvalue weighted by Crippen LogP contribution is -2.05. The molecule has 2 atom stereocenters. The Morgan fingerprint density at radius 1 is 1.42 bits per heavy atom. The van der Waals surface area contributed by atoms with E-state index in [2.05, 4.69) is 17.2 Å². The first-order valence-electron chi connectivity index (χ1n) is 6.42. The van der Waals surface area contributed by atoms with Crippen molar-refractivity contribution in [2.45, 2.75) is 13.3 Å². The van der Waals surface area contributed by atoms with Gasteiger partial charge in [-0.2, -0.15) is 0 Å². The number of nitrogens with zero attached hydrogens (tertiary/aromatic N) is 2. The van der Waals surface area contributed by atoms with Gasteiger partial charge in [-0.1, -0.05) is 6.92 Å². The molecule has 3 rings (SSSR count). The summed E-state index contributed by atoms with van der Waals surface area (Å²) in [5.74, 6) is 1.51. The Morgan fingerprint density at radius 2 is 2.21 bits per heavy atom. The van der Waals surface area contributed by atoms with E-state index in [0.717, 1.165) is 29.5 Å². The minimum atomic E-state index is -0.352. The number of fused-ring (bicyclic) bond motifs is 1. The van der Waals surface area contributed by atoms with Crippen LogP contribution in [0.3, 0.4) is 0 Å². The number of nitro benzene ring substituents is 1. The minimum Gasteiger partial charge on any atom is -0.384 e. The van der Waals surface area contributed by atoms with Gasteiger partial charge in [-0.05, 0) is 30.4 Å². The average molecular weight is 257 g/mol. The minimum absolute atomic E-state index is 0.128. The van der Waals surface area contributed by atoms with Gasteiger partial charge in [-0.15, -0.1) is 0 Å². The zero-order valence-corrected chi connectivity index (χ0v) is 10.7. The molecule has 2 aromatic rings. The van der Waals surface area contributed by atoms with Gasteiger partial charge in [0.1, 0.15) is 0 Å². The summed E-state index contributed by atoms with van der Waals surface area (Å²) in [6, 6.07) is 5.02. The fourth-order valence-corrected chi connectivity index (χ4v) is 2.41. The van der Waals surface area contributed by atoms with Crippen LogP contribution in [-0.2, 0) is 0 Å². The second kappa shape index (κ2) is 4.50. The highest BCUT2D eigenvalue weighted by atomic mass is 16.6. The molecule has 1 aliphatic carbocycles. The lowest BCUT2D eigenvalue weighted by atomic mass is 10.1. The molecule has 0 amide bonds. The highest BCUT2D eigenvalue weighted by Crippen LogP contribution is 2.38. The predicted molar refractivity (Wildman–Crippen MR) is 74.2 cm³/mol. The zero-order valence-electron chi connectivity index (χ0n) is 10.7. The molecule has 0 saturated heterocycles. The molecule has 0 aliphatic heterocycles. The van der Waals surface area contributed by atoms with Crippen LogP contribution in [0, 0.1) is 22.0 Å². The van der Waals surface area contributed by atoms with E-state index >= 15 is 0 Å². The van der Waals surface area contributed by atoms with Crippen molar-refractivity contribution in [1.29, 1.82) is 0 Å². The molecule has 2 unspecified atom stereocenters. The van der Waals surface area contributed by atoms with Crippen molar-refractivity contribution in [3.8, 4) is 0 Å². The number of hydrogen-bond acceptors (Lipinski definition) is 4. The molecule has 0 radical (unpaired) electrons. The maximum atomic E-state index is 11.0. The van der Waals surface area contributed by atoms with E-state index < -0.39 is 0 Å². The molecular weight excluding hydrogens is 242 g/mol. The number of aromatic nitrogens is 1. The molecular formula is C14H15N3O2. The van der Waals surface area contributed by atoms with Crippen LogP contribution < -0.4 is 5.32 Å². The molecule has 5 heteroatoms. The standard InChI is InChI=1S/C14H15N3O2/c1-9-6-10(9)7-16-13-2-3-14(17(18)19)11-4-5-15-8-12(11)13/h2-5,8-10,16H,6-7H2,1H3. The summed E-state index contributed by atoms with van der Waals surface area (Å²) in [6.07, 6.45) is 4.53. The fourth-order valence-electron chi connectivity index (χ4n) is 2.41. The topological polar surface area (TPSA) is 68.1 Å². The lowest BCUT2D eigenvalue weighted by Gasteiger charge is -2.09. The van der Waals surface area contributed by atoms with Gasteiger partial charge >= 0.3 is 0 Å². The number of rotatable bonds is 4. The summed E-state index contributed by atoms with van der Waals surface area (Å²) < 4.78 is 0. The maximum Gasteiger partial charge on any atom is 0.277 e. The number of nitrogens with one attached hydrogen (secondary N) is 1. The van der Waals surface area contributed by atoms with Gasteiger partial charge < -0.3 is 5.32 Å². The van der Waals surface area contributed by atoms with Crippen LogP contribution in [0.5, 0.6) is 0 Å². The van der Waals surface area contributed by atoms with Gasteiger partial charge in [-0.3, -0.25) is 15.1 Å². The second-order valence-corrected chi connectivity index (χ2v) is 5.16. The number of pyridine rings is 1. The Kier molecular flexibility index (Phi) is 2.81. The van der Waals surface area contributed by atoms with Gasteiger partial charge in [0.15, 0.2) is 0 Å². The molecule has 1 aromatic heterocycles. The number of anilines is 1. The van der Waals surface area contributed by atoms with Crippen molar-refractivity contribution in [2.24, 2.45) is 11.8 Å². The van der Waals surface area contributed by atoms with Gasteiger partial charge in [0.25, 0.3) is 5.69 Å². The third-order valence-corrected chi connectivity index (χ3v) is 3.82. The zero-order chi connectivity index (χ0) is 13.4. The summed E-state index contributed by atoms with van der Waals surface area (Å²) in [6.45, 7) is 3.16. The largest absolute Gasteiger partial charge is 0.384 e. The van der Waals surface area contributed by atoms with Gasteiger partial charge in [-0.25, -0.2) is 0 Å². The van der Waals surface area contributed by atoms with Crippen LogP contribution in [0.25, 0.3) is 10.8 Å². The van der Waals surface area contributed by atoms with Crippen LogP contribution in [0.2, 0.25) is 0 Å². The van der Waals surface area contributed by atoms with Gasteiger partial charge in [0, 0.05) is 36.1 Å². The first-order chi connectivity index (χ1) is 9.16. The molecule has 19 heavy (non-hydrogen) atoms. The van der Waals surface area contributed by atoms with E-state index in [1.807, 2.05) is 0 Å². The molecule has 1 N–H and O–H groups in total. The first kappa shape index (κ1) is 11.9. The van der Waals surface area contributed by atoms with Crippen molar-refractivity contribution < 1.29 is 4.92 Å². The van der Waals surface area contributed by atoms with Crippen LogP contribution >= 0.6 is 0 Å². The van der Waals surface area contributed by atoms with E-state index in [-0.39, 0.29) is 10.6 Å². The summed E-state index contributed by atoms with van der Waals surface area (Å²) in [5.41, 5.74) is 1.05. The van der Waals surface area contributed by atoms with Gasteiger partial charge in [0.05, 0.1) is 10.3 Å². The van der Waals surface area contributed by atoms with Crippen molar-refractivity contribution in [3.05, 3.63) is 40.7 Å². The number of non-ortho nitro benzene ring substituents is 1. The quantitative estimate of drug-likeness (QED) is 0.674. The third kappa shape index (κ3) is 2.23. The average Bonchev–Trinajstić information content (AvgIpc) is 3.11. The van der Waals surface area contributed by atoms with Crippen molar-refractivity contribution >= 4 is 22.1 Å².